The number of carbonyl (C=O) groups is 1. The van der Waals surface area contributed by atoms with Crippen LogP contribution in [-0.2, 0) is 17.7 Å². The molecule has 27 heavy (non-hydrogen) atoms. The number of fused-ring (bicyclic) bond motifs is 1. The highest BCUT2D eigenvalue weighted by atomic mass is 16.5. The monoisotopic (exact) mass is 366 g/mol. The van der Waals surface area contributed by atoms with E-state index in [4.69, 9.17) is 4.74 Å². The third-order valence-electron chi connectivity index (χ3n) is 5.29. The van der Waals surface area contributed by atoms with Crippen LogP contribution in [0.15, 0.2) is 42.6 Å². The predicted octanol–water partition coefficient (Wildman–Crippen LogP) is 2.80. The maximum Gasteiger partial charge on any atom is 0.315 e. The Morgan fingerprint density at radius 3 is 2.93 bits per heavy atom. The molecule has 2 amide bonds. The molecular formula is C21H26N4O2. The van der Waals surface area contributed by atoms with E-state index in [9.17, 15) is 4.79 Å². The number of morpholine rings is 1. The first kappa shape index (κ1) is 17.8. The fraction of sp³-hybridized carbons (Fsp3) is 0.429. The summed E-state index contributed by atoms with van der Waals surface area (Å²) >= 11 is 0. The summed E-state index contributed by atoms with van der Waals surface area (Å²) in [6.07, 6.45) is 4.98. The Kier molecular flexibility index (Phi) is 5.53. The van der Waals surface area contributed by atoms with E-state index in [2.05, 4.69) is 38.7 Å². The zero-order chi connectivity index (χ0) is 18.5. The number of amides is 2. The lowest BCUT2D eigenvalue weighted by Gasteiger charge is -2.29. The lowest BCUT2D eigenvalue weighted by molar-refractivity contribution is 0.122. The van der Waals surface area contributed by atoms with Gasteiger partial charge in [-0.3, -0.25) is 0 Å². The minimum absolute atomic E-state index is 0.0857. The number of pyridine rings is 1. The van der Waals surface area contributed by atoms with Gasteiger partial charge in [-0.15, -0.1) is 0 Å². The van der Waals surface area contributed by atoms with Crippen LogP contribution in [0.2, 0.25) is 0 Å². The average molecular weight is 366 g/mol. The lowest BCUT2D eigenvalue weighted by atomic mass is 9.88. The molecule has 2 aliphatic rings. The van der Waals surface area contributed by atoms with Crippen LogP contribution < -0.4 is 15.5 Å². The van der Waals surface area contributed by atoms with Gasteiger partial charge in [0.25, 0.3) is 0 Å². The van der Waals surface area contributed by atoms with E-state index < -0.39 is 0 Å². The van der Waals surface area contributed by atoms with Crippen LogP contribution in [-0.4, -0.2) is 37.3 Å². The fourth-order valence-corrected chi connectivity index (χ4v) is 3.92. The molecule has 2 heterocycles. The van der Waals surface area contributed by atoms with E-state index in [1.807, 2.05) is 18.2 Å². The van der Waals surface area contributed by atoms with Crippen molar-refractivity contribution in [2.24, 2.45) is 0 Å². The van der Waals surface area contributed by atoms with Gasteiger partial charge in [0.05, 0.1) is 19.3 Å². The number of nitrogens with zero attached hydrogens (tertiary/aromatic N) is 2. The second-order valence-electron chi connectivity index (χ2n) is 7.06. The van der Waals surface area contributed by atoms with Crippen LogP contribution in [0.3, 0.4) is 0 Å². The zero-order valence-electron chi connectivity index (χ0n) is 15.5. The molecule has 0 radical (unpaired) electrons. The molecule has 1 aliphatic heterocycles. The summed E-state index contributed by atoms with van der Waals surface area (Å²) in [6, 6.07) is 12.3. The van der Waals surface area contributed by atoms with Crippen molar-refractivity contribution < 1.29 is 9.53 Å². The topological polar surface area (TPSA) is 66.5 Å². The van der Waals surface area contributed by atoms with E-state index in [0.29, 0.717) is 19.8 Å². The van der Waals surface area contributed by atoms with Crippen LogP contribution in [0.1, 0.15) is 35.6 Å². The zero-order valence-corrected chi connectivity index (χ0v) is 15.5. The number of aromatic nitrogens is 1. The Labute approximate surface area is 159 Å². The average Bonchev–Trinajstić information content (AvgIpc) is 2.73. The maximum absolute atomic E-state index is 12.5. The number of aryl methyl sites for hydroxylation is 1. The van der Waals surface area contributed by atoms with Gasteiger partial charge in [0, 0.05) is 31.4 Å². The molecule has 0 spiro atoms. The van der Waals surface area contributed by atoms with E-state index in [0.717, 1.165) is 43.7 Å². The van der Waals surface area contributed by atoms with E-state index in [1.165, 1.54) is 11.1 Å². The number of urea groups is 1. The van der Waals surface area contributed by atoms with Crippen molar-refractivity contribution in [2.75, 3.05) is 31.2 Å². The number of nitrogens with one attached hydrogen (secondary N) is 2. The molecule has 1 fully saturated rings. The quantitative estimate of drug-likeness (QED) is 0.873. The molecule has 1 atom stereocenters. The largest absolute Gasteiger partial charge is 0.378 e. The number of anilines is 1. The molecule has 1 aromatic heterocycles. The summed E-state index contributed by atoms with van der Waals surface area (Å²) in [4.78, 5) is 19.2. The number of hydrogen-bond donors (Lipinski definition) is 2. The number of ether oxygens (including phenoxy) is 1. The molecule has 1 saturated heterocycles. The van der Waals surface area contributed by atoms with Gasteiger partial charge in [0.2, 0.25) is 0 Å². The molecule has 0 unspecified atom stereocenters. The van der Waals surface area contributed by atoms with Crippen LogP contribution in [0.5, 0.6) is 0 Å². The van der Waals surface area contributed by atoms with Crippen molar-refractivity contribution in [3.63, 3.8) is 0 Å². The molecule has 2 N–H and O–H groups in total. The first-order valence-electron chi connectivity index (χ1n) is 9.70. The predicted molar refractivity (Wildman–Crippen MR) is 105 cm³/mol. The minimum Gasteiger partial charge on any atom is -0.378 e. The number of hydrogen-bond acceptors (Lipinski definition) is 4. The molecule has 0 saturated carbocycles. The van der Waals surface area contributed by atoms with Crippen molar-refractivity contribution in [3.05, 3.63) is 59.3 Å². The van der Waals surface area contributed by atoms with E-state index >= 15 is 0 Å². The molecule has 4 rings (SSSR count). The van der Waals surface area contributed by atoms with Gasteiger partial charge in [0.15, 0.2) is 0 Å². The molecular weight excluding hydrogens is 340 g/mol. The van der Waals surface area contributed by atoms with Gasteiger partial charge in [-0.05, 0) is 36.5 Å². The number of benzene rings is 1. The fourth-order valence-electron chi connectivity index (χ4n) is 3.92. The third kappa shape index (κ3) is 4.22. The normalized spacial score (nSPS) is 19.3. The summed E-state index contributed by atoms with van der Waals surface area (Å²) in [5, 5.41) is 6.15. The van der Waals surface area contributed by atoms with Crippen molar-refractivity contribution in [2.45, 2.75) is 31.8 Å². The number of rotatable bonds is 4. The van der Waals surface area contributed by atoms with Crippen molar-refractivity contribution >= 4 is 11.8 Å². The lowest BCUT2D eigenvalue weighted by Crippen LogP contribution is -2.40. The van der Waals surface area contributed by atoms with E-state index in [-0.39, 0.29) is 12.1 Å². The van der Waals surface area contributed by atoms with Crippen LogP contribution in [0.25, 0.3) is 0 Å². The van der Waals surface area contributed by atoms with Crippen molar-refractivity contribution in [1.82, 2.24) is 15.6 Å². The van der Waals surface area contributed by atoms with Gasteiger partial charge < -0.3 is 20.3 Å². The Hall–Kier alpha value is -2.60. The molecule has 6 nitrogen and oxygen atoms in total. The first-order chi connectivity index (χ1) is 13.3. The molecule has 142 valence electrons. The van der Waals surface area contributed by atoms with Gasteiger partial charge >= 0.3 is 6.03 Å². The molecule has 0 bridgehead atoms. The second-order valence-corrected chi connectivity index (χ2v) is 7.06. The van der Waals surface area contributed by atoms with Gasteiger partial charge in [0.1, 0.15) is 5.82 Å². The van der Waals surface area contributed by atoms with Crippen molar-refractivity contribution in [1.29, 1.82) is 0 Å². The summed E-state index contributed by atoms with van der Waals surface area (Å²) in [6.45, 7) is 3.54. The number of carbonyl (C=O) groups excluding carboxylic acids is 1. The maximum atomic E-state index is 12.5. The van der Waals surface area contributed by atoms with Gasteiger partial charge in [-0.2, -0.15) is 0 Å². The van der Waals surface area contributed by atoms with Crippen LogP contribution >= 0.6 is 0 Å². The second kappa shape index (κ2) is 8.39. The Morgan fingerprint density at radius 2 is 2.04 bits per heavy atom. The molecule has 2 aromatic rings. The highest BCUT2D eigenvalue weighted by Gasteiger charge is 2.21. The highest BCUT2D eigenvalue weighted by molar-refractivity contribution is 5.74. The Balaban J connectivity index is 1.38. The summed E-state index contributed by atoms with van der Waals surface area (Å²) in [5.74, 6) is 0.934. The third-order valence-corrected chi connectivity index (χ3v) is 5.29. The molecule has 1 aromatic carbocycles. The smallest absolute Gasteiger partial charge is 0.315 e. The first-order valence-corrected chi connectivity index (χ1v) is 9.70. The minimum atomic E-state index is -0.131. The Morgan fingerprint density at radius 1 is 1.19 bits per heavy atom. The summed E-state index contributed by atoms with van der Waals surface area (Å²) in [7, 11) is 0. The highest BCUT2D eigenvalue weighted by Crippen LogP contribution is 2.29. The van der Waals surface area contributed by atoms with Gasteiger partial charge in [-0.1, -0.05) is 30.3 Å². The van der Waals surface area contributed by atoms with E-state index in [1.54, 1.807) is 6.20 Å². The summed E-state index contributed by atoms with van der Waals surface area (Å²) < 4.78 is 5.42. The molecule has 6 heteroatoms. The Bertz CT molecular complexity index is 789. The SMILES string of the molecule is O=C(NCc1cccnc1N1CCOCC1)N[C@H]1CCCc2ccccc21. The molecule has 1 aliphatic carbocycles. The van der Waals surface area contributed by atoms with Crippen LogP contribution in [0, 0.1) is 0 Å². The standard InChI is InChI=1S/C21H26N4O2/c26-21(24-19-9-3-6-16-5-1-2-8-18(16)19)23-15-17-7-4-10-22-20(17)25-11-13-27-14-12-25/h1-2,4-5,7-8,10,19H,3,6,9,11-15H2,(H2,23,24,26)/t19-/m0/s1. The van der Waals surface area contributed by atoms with Crippen molar-refractivity contribution in [3.8, 4) is 0 Å². The van der Waals surface area contributed by atoms with Crippen LogP contribution in [0.4, 0.5) is 10.6 Å². The van der Waals surface area contributed by atoms with Gasteiger partial charge in [-0.25, -0.2) is 9.78 Å². The summed E-state index contributed by atoms with van der Waals surface area (Å²) in [5.41, 5.74) is 3.61.